The summed E-state index contributed by atoms with van der Waals surface area (Å²) in [6.45, 7) is 9.33. The van der Waals surface area contributed by atoms with Crippen LogP contribution in [0, 0.1) is 0 Å². The van der Waals surface area contributed by atoms with Gasteiger partial charge in [-0.1, -0.05) is 52.4 Å². The molecule has 0 amide bonds. The van der Waals surface area contributed by atoms with E-state index in [2.05, 4.69) is 57.8 Å². The molecule has 0 unspecified atom stereocenters. The molecule has 2 heterocycles. The molecule has 0 radical (unpaired) electrons. The van der Waals surface area contributed by atoms with Gasteiger partial charge in [0.1, 0.15) is 11.6 Å². The van der Waals surface area contributed by atoms with E-state index in [4.69, 9.17) is 0 Å². The van der Waals surface area contributed by atoms with Crippen LogP contribution in [0.25, 0.3) is 0 Å². The smallest absolute Gasteiger partial charge is 0.268 e. The maximum atomic E-state index is 4.67. The van der Waals surface area contributed by atoms with Gasteiger partial charge in [0.2, 0.25) is 0 Å². The molecule has 0 saturated carbocycles. The lowest BCUT2D eigenvalue weighted by Gasteiger charge is -2.29. The first-order valence-corrected chi connectivity index (χ1v) is 13.1. The van der Waals surface area contributed by atoms with E-state index in [1.165, 1.54) is 63.0 Å². The summed E-state index contributed by atoms with van der Waals surface area (Å²) in [6, 6.07) is 0. The Bertz CT molecular complexity index is 562. The summed E-state index contributed by atoms with van der Waals surface area (Å²) in [5.74, 6) is 2.50. The van der Waals surface area contributed by atoms with Crippen LogP contribution in [0.15, 0.2) is 24.8 Å². The number of hydrogen-bond donors (Lipinski definition) is 0. The molecule has 0 saturated heterocycles. The van der Waals surface area contributed by atoms with Crippen molar-refractivity contribution in [3.63, 3.8) is 0 Å². The van der Waals surface area contributed by atoms with Crippen molar-refractivity contribution in [3.05, 3.63) is 36.4 Å². The van der Waals surface area contributed by atoms with Gasteiger partial charge >= 0.3 is 0 Å². The van der Waals surface area contributed by atoms with Crippen molar-refractivity contribution in [2.75, 3.05) is 0 Å². The van der Waals surface area contributed by atoms with Crippen molar-refractivity contribution in [1.29, 1.82) is 0 Å². The Morgan fingerprint density at radius 3 is 1.56 bits per heavy atom. The van der Waals surface area contributed by atoms with Crippen LogP contribution >= 0.6 is 0 Å². The molecule has 25 heavy (non-hydrogen) atoms. The summed E-state index contributed by atoms with van der Waals surface area (Å²) in [7, 11) is -1.87. The summed E-state index contributed by atoms with van der Waals surface area (Å²) in [5.41, 5.74) is 0. The van der Waals surface area contributed by atoms with Crippen LogP contribution in [-0.4, -0.2) is 26.8 Å². The maximum Gasteiger partial charge on any atom is 0.268 e. The number of imidazole rings is 2. The first kappa shape index (κ1) is 20.0. The van der Waals surface area contributed by atoms with Crippen LogP contribution in [-0.2, 0) is 12.8 Å². The average molecular weight is 361 g/mol. The predicted octanol–water partition coefficient (Wildman–Crippen LogP) is 5.42. The summed E-state index contributed by atoms with van der Waals surface area (Å²) in [4.78, 5) is 9.34. The molecule has 0 aliphatic carbocycles. The topological polar surface area (TPSA) is 35.6 Å². The third kappa shape index (κ3) is 5.30. The molecular weight excluding hydrogens is 324 g/mol. The zero-order chi connectivity index (χ0) is 18.1. The molecule has 2 aromatic rings. The number of rotatable bonds is 12. The van der Waals surface area contributed by atoms with Gasteiger partial charge in [-0.3, -0.25) is 0 Å². The van der Waals surface area contributed by atoms with E-state index in [1.807, 2.05) is 12.4 Å². The first-order valence-electron chi connectivity index (χ1n) is 10.2. The first-order chi connectivity index (χ1) is 12.1. The molecule has 0 N–H and O–H groups in total. The highest BCUT2D eigenvalue weighted by Crippen LogP contribution is 2.18. The minimum atomic E-state index is -1.87. The highest BCUT2D eigenvalue weighted by Gasteiger charge is 2.30. The molecule has 0 atom stereocenters. The summed E-state index contributed by atoms with van der Waals surface area (Å²) in [6.07, 6.45) is 20.8. The average Bonchev–Trinajstić information content (AvgIpc) is 3.25. The largest absolute Gasteiger partial charge is 0.343 e. The highest BCUT2D eigenvalue weighted by molar-refractivity contribution is 6.74. The van der Waals surface area contributed by atoms with E-state index in [1.54, 1.807) is 0 Å². The Morgan fingerprint density at radius 1 is 0.720 bits per heavy atom. The minimum Gasteiger partial charge on any atom is -0.343 e. The van der Waals surface area contributed by atoms with E-state index in [0.717, 1.165) is 12.8 Å². The van der Waals surface area contributed by atoms with E-state index in [-0.39, 0.29) is 0 Å². The monoisotopic (exact) mass is 360 g/mol. The quantitative estimate of drug-likeness (QED) is 0.374. The van der Waals surface area contributed by atoms with Crippen LogP contribution in [0.4, 0.5) is 0 Å². The predicted molar refractivity (Wildman–Crippen MR) is 108 cm³/mol. The standard InChI is InChI=1S/C20H36N4Si/c1-5-7-9-11-13-19-21-15-17-23(19)25(3,4)24-18-16-22-20(24)14-12-10-8-6-2/h15-18H,5-14H2,1-4H3. The number of nitrogens with zero attached hydrogens (tertiary/aromatic N) is 4. The van der Waals surface area contributed by atoms with E-state index in [0.29, 0.717) is 0 Å². The zero-order valence-corrected chi connectivity index (χ0v) is 17.7. The van der Waals surface area contributed by atoms with Gasteiger partial charge in [0.25, 0.3) is 8.40 Å². The highest BCUT2D eigenvalue weighted by atomic mass is 28.3. The lowest BCUT2D eigenvalue weighted by molar-refractivity contribution is 0.643. The fraction of sp³-hybridized carbons (Fsp3) is 0.700. The molecule has 5 heteroatoms. The van der Waals surface area contributed by atoms with E-state index in [9.17, 15) is 0 Å². The zero-order valence-electron chi connectivity index (χ0n) is 16.7. The van der Waals surface area contributed by atoms with Crippen LogP contribution < -0.4 is 0 Å². The second-order valence-electron chi connectivity index (χ2n) is 7.54. The molecular formula is C20H36N4Si. The molecule has 0 fully saturated rings. The summed E-state index contributed by atoms with van der Waals surface area (Å²) in [5, 5.41) is 0. The second-order valence-corrected chi connectivity index (χ2v) is 11.5. The summed E-state index contributed by atoms with van der Waals surface area (Å²) < 4.78 is 4.94. The van der Waals surface area contributed by atoms with Gasteiger partial charge in [0.05, 0.1) is 0 Å². The van der Waals surface area contributed by atoms with Crippen molar-refractivity contribution < 1.29 is 0 Å². The van der Waals surface area contributed by atoms with Crippen molar-refractivity contribution in [2.45, 2.75) is 91.1 Å². The Balaban J connectivity index is 2.08. The lowest BCUT2D eigenvalue weighted by atomic mass is 10.1. The number of unbranched alkanes of at least 4 members (excludes halogenated alkanes) is 6. The molecule has 0 aliphatic heterocycles. The third-order valence-electron chi connectivity index (χ3n) is 5.12. The normalized spacial score (nSPS) is 12.0. The molecule has 140 valence electrons. The van der Waals surface area contributed by atoms with Gasteiger partial charge in [0, 0.05) is 37.6 Å². The lowest BCUT2D eigenvalue weighted by Crippen LogP contribution is -2.46. The molecule has 0 aliphatic rings. The fourth-order valence-electron chi connectivity index (χ4n) is 3.57. The van der Waals surface area contributed by atoms with E-state index >= 15 is 0 Å². The van der Waals surface area contributed by atoms with Crippen LogP contribution in [0.3, 0.4) is 0 Å². The van der Waals surface area contributed by atoms with Crippen LogP contribution in [0.2, 0.25) is 13.1 Å². The Hall–Kier alpha value is -1.36. The molecule has 0 bridgehead atoms. The minimum absolute atomic E-state index is 1.09. The van der Waals surface area contributed by atoms with Gasteiger partial charge in [-0.25, -0.2) is 9.97 Å². The Labute approximate surface area is 154 Å². The van der Waals surface area contributed by atoms with Gasteiger partial charge in [-0.05, 0) is 25.9 Å². The molecule has 2 rings (SSSR count). The van der Waals surface area contributed by atoms with Gasteiger partial charge in [-0.2, -0.15) is 0 Å². The summed E-state index contributed by atoms with van der Waals surface area (Å²) >= 11 is 0. The molecule has 2 aromatic heterocycles. The number of aromatic nitrogens is 4. The van der Waals surface area contributed by atoms with Crippen LogP contribution in [0.5, 0.6) is 0 Å². The fourth-order valence-corrected chi connectivity index (χ4v) is 6.27. The van der Waals surface area contributed by atoms with Crippen LogP contribution in [0.1, 0.15) is 76.9 Å². The third-order valence-corrected chi connectivity index (χ3v) is 8.29. The number of aryl methyl sites for hydroxylation is 2. The number of hydrogen-bond acceptors (Lipinski definition) is 2. The van der Waals surface area contributed by atoms with Crippen molar-refractivity contribution in [1.82, 2.24) is 18.4 Å². The van der Waals surface area contributed by atoms with Crippen molar-refractivity contribution in [3.8, 4) is 0 Å². The maximum absolute atomic E-state index is 4.67. The SMILES string of the molecule is CCCCCCc1nccn1[Si](C)(C)n1ccnc1CCCCCC. The second kappa shape index (κ2) is 9.95. The Kier molecular flexibility index (Phi) is 7.94. The van der Waals surface area contributed by atoms with Gasteiger partial charge in [0.15, 0.2) is 0 Å². The van der Waals surface area contributed by atoms with Crippen molar-refractivity contribution in [2.24, 2.45) is 0 Å². The Morgan fingerprint density at radius 2 is 1.16 bits per heavy atom. The van der Waals surface area contributed by atoms with Gasteiger partial charge < -0.3 is 8.47 Å². The van der Waals surface area contributed by atoms with Gasteiger partial charge in [-0.15, -0.1) is 0 Å². The molecule has 0 aromatic carbocycles. The van der Waals surface area contributed by atoms with E-state index < -0.39 is 8.40 Å². The molecule has 4 nitrogen and oxygen atoms in total. The molecule has 0 spiro atoms. The van der Waals surface area contributed by atoms with Crippen molar-refractivity contribution >= 4 is 8.40 Å².